The third-order valence-electron chi connectivity index (χ3n) is 3.53. The van der Waals surface area contributed by atoms with Gasteiger partial charge >= 0.3 is 0 Å². The molecule has 3 rings (SSSR count). The van der Waals surface area contributed by atoms with Gasteiger partial charge in [0.05, 0.1) is 18.3 Å². The first-order valence-corrected chi connectivity index (χ1v) is 7.83. The Labute approximate surface area is 144 Å². The summed E-state index contributed by atoms with van der Waals surface area (Å²) in [6.45, 7) is 2.27. The highest BCUT2D eigenvalue weighted by molar-refractivity contribution is 5.95. The summed E-state index contributed by atoms with van der Waals surface area (Å²) in [7, 11) is 0. The van der Waals surface area contributed by atoms with Crippen LogP contribution in [0.3, 0.4) is 0 Å². The fourth-order valence-electron chi connectivity index (χ4n) is 2.33. The standard InChI is InChI=1S/C19H17N3O3/c1-2-25-17-9-5-7-14(18(17)23)12-20-22-19(24)16-11-10-13-6-3-4-8-15(13)21-16/h3-12,23H,2H2,1H3,(H,22,24)/b20-12+. The van der Waals surface area contributed by atoms with Gasteiger partial charge in [-0.15, -0.1) is 0 Å². The fraction of sp³-hybridized carbons (Fsp3) is 0.105. The fourth-order valence-corrected chi connectivity index (χ4v) is 2.33. The van der Waals surface area contributed by atoms with Crippen LogP contribution in [0.2, 0.25) is 0 Å². The lowest BCUT2D eigenvalue weighted by Crippen LogP contribution is -2.18. The molecule has 0 bridgehead atoms. The normalized spacial score (nSPS) is 10.9. The van der Waals surface area contributed by atoms with Gasteiger partial charge in [-0.3, -0.25) is 4.79 Å². The van der Waals surface area contributed by atoms with Gasteiger partial charge in [0, 0.05) is 10.9 Å². The molecule has 0 unspecified atom stereocenters. The number of hydrogen-bond acceptors (Lipinski definition) is 5. The molecule has 126 valence electrons. The van der Waals surface area contributed by atoms with Crippen LogP contribution in [-0.4, -0.2) is 28.8 Å². The molecule has 2 N–H and O–H groups in total. The highest BCUT2D eigenvalue weighted by atomic mass is 16.5. The zero-order valence-corrected chi connectivity index (χ0v) is 13.6. The number of phenolic OH excluding ortho intramolecular Hbond substituents is 1. The number of hydrogen-bond donors (Lipinski definition) is 2. The number of carbonyl (C=O) groups excluding carboxylic acids is 1. The maximum Gasteiger partial charge on any atom is 0.289 e. The number of aromatic hydroxyl groups is 1. The molecule has 0 aliphatic carbocycles. The van der Waals surface area contributed by atoms with Crippen molar-refractivity contribution in [3.8, 4) is 11.5 Å². The number of para-hydroxylation sites is 2. The van der Waals surface area contributed by atoms with Crippen LogP contribution in [0.1, 0.15) is 23.0 Å². The van der Waals surface area contributed by atoms with E-state index in [2.05, 4.69) is 15.5 Å². The van der Waals surface area contributed by atoms with Crippen LogP contribution in [0.5, 0.6) is 11.5 Å². The van der Waals surface area contributed by atoms with Gasteiger partial charge in [-0.05, 0) is 31.2 Å². The first-order chi connectivity index (χ1) is 12.2. The van der Waals surface area contributed by atoms with Crippen LogP contribution >= 0.6 is 0 Å². The van der Waals surface area contributed by atoms with Crippen molar-refractivity contribution >= 4 is 23.0 Å². The molecular weight excluding hydrogens is 318 g/mol. The van der Waals surface area contributed by atoms with Crippen LogP contribution < -0.4 is 10.2 Å². The summed E-state index contributed by atoms with van der Waals surface area (Å²) < 4.78 is 5.31. The molecular formula is C19H17N3O3. The third-order valence-corrected chi connectivity index (χ3v) is 3.53. The number of hydrazone groups is 1. The van der Waals surface area contributed by atoms with E-state index in [0.29, 0.717) is 17.9 Å². The molecule has 1 heterocycles. The first kappa shape index (κ1) is 16.4. The number of phenols is 1. The number of aromatic nitrogens is 1. The molecule has 1 aromatic heterocycles. The Morgan fingerprint density at radius 2 is 2.04 bits per heavy atom. The Hall–Kier alpha value is -3.41. The molecule has 6 nitrogen and oxygen atoms in total. The highest BCUT2D eigenvalue weighted by Crippen LogP contribution is 2.28. The van der Waals surface area contributed by atoms with Crippen LogP contribution in [0.4, 0.5) is 0 Å². The summed E-state index contributed by atoms with van der Waals surface area (Å²) in [5, 5.41) is 14.9. The lowest BCUT2D eigenvalue weighted by Gasteiger charge is -2.07. The zero-order valence-electron chi connectivity index (χ0n) is 13.6. The van der Waals surface area contributed by atoms with Gasteiger partial charge in [0.25, 0.3) is 5.91 Å². The van der Waals surface area contributed by atoms with Gasteiger partial charge < -0.3 is 9.84 Å². The van der Waals surface area contributed by atoms with E-state index < -0.39 is 5.91 Å². The molecule has 0 aliphatic heterocycles. The van der Waals surface area contributed by atoms with Crippen molar-refractivity contribution in [3.05, 3.63) is 65.9 Å². The molecule has 0 fully saturated rings. The smallest absolute Gasteiger partial charge is 0.289 e. The summed E-state index contributed by atoms with van der Waals surface area (Å²) in [5.74, 6) is -0.0809. The SMILES string of the molecule is CCOc1cccc(/C=N/NC(=O)c2ccc3ccccc3n2)c1O. The number of nitrogens with one attached hydrogen (secondary N) is 1. The summed E-state index contributed by atoms with van der Waals surface area (Å²) in [4.78, 5) is 16.5. The minimum absolute atomic E-state index is 0.0221. The van der Waals surface area contributed by atoms with Gasteiger partial charge in [-0.2, -0.15) is 5.10 Å². The largest absolute Gasteiger partial charge is 0.504 e. The molecule has 0 atom stereocenters. The van der Waals surface area contributed by atoms with Gasteiger partial charge in [-0.25, -0.2) is 10.4 Å². The van der Waals surface area contributed by atoms with Crippen LogP contribution in [0.15, 0.2) is 59.7 Å². The lowest BCUT2D eigenvalue weighted by atomic mass is 10.2. The van der Waals surface area contributed by atoms with E-state index in [9.17, 15) is 9.90 Å². The number of pyridine rings is 1. The van der Waals surface area contributed by atoms with Crippen molar-refractivity contribution in [2.75, 3.05) is 6.61 Å². The number of benzene rings is 2. The van der Waals surface area contributed by atoms with E-state index >= 15 is 0 Å². The second-order valence-corrected chi connectivity index (χ2v) is 5.22. The van der Waals surface area contributed by atoms with E-state index in [1.54, 1.807) is 24.3 Å². The maximum atomic E-state index is 12.2. The van der Waals surface area contributed by atoms with Crippen molar-refractivity contribution in [2.24, 2.45) is 5.10 Å². The van der Waals surface area contributed by atoms with Crippen molar-refractivity contribution in [1.82, 2.24) is 10.4 Å². The summed E-state index contributed by atoms with van der Waals surface area (Å²) in [6.07, 6.45) is 1.36. The Bertz CT molecular complexity index is 938. The number of fused-ring (bicyclic) bond motifs is 1. The Balaban J connectivity index is 1.73. The number of rotatable bonds is 5. The second kappa shape index (κ2) is 7.44. The zero-order chi connectivity index (χ0) is 17.6. The lowest BCUT2D eigenvalue weighted by molar-refractivity contribution is 0.0950. The summed E-state index contributed by atoms with van der Waals surface area (Å²) in [6, 6.07) is 16.1. The van der Waals surface area contributed by atoms with E-state index in [0.717, 1.165) is 10.9 Å². The minimum Gasteiger partial charge on any atom is -0.504 e. The predicted molar refractivity (Wildman–Crippen MR) is 96.1 cm³/mol. The molecule has 0 saturated heterocycles. The van der Waals surface area contributed by atoms with E-state index in [1.165, 1.54) is 6.21 Å². The number of ether oxygens (including phenoxy) is 1. The quantitative estimate of drug-likeness (QED) is 0.554. The van der Waals surface area contributed by atoms with Crippen molar-refractivity contribution in [3.63, 3.8) is 0 Å². The number of amides is 1. The average Bonchev–Trinajstić information content (AvgIpc) is 2.64. The molecule has 1 amide bonds. The average molecular weight is 335 g/mol. The van der Waals surface area contributed by atoms with Gasteiger partial charge in [0.1, 0.15) is 5.69 Å². The van der Waals surface area contributed by atoms with Gasteiger partial charge in [0.15, 0.2) is 11.5 Å². The van der Waals surface area contributed by atoms with Gasteiger partial charge in [-0.1, -0.05) is 30.3 Å². The molecule has 0 spiro atoms. The molecule has 3 aromatic rings. The van der Waals surface area contributed by atoms with E-state index in [4.69, 9.17) is 4.74 Å². The molecule has 25 heavy (non-hydrogen) atoms. The Morgan fingerprint density at radius 1 is 1.20 bits per heavy atom. The van der Waals surface area contributed by atoms with Crippen molar-refractivity contribution in [1.29, 1.82) is 0 Å². The van der Waals surface area contributed by atoms with Gasteiger partial charge in [0.2, 0.25) is 0 Å². The molecule has 6 heteroatoms. The summed E-state index contributed by atoms with van der Waals surface area (Å²) in [5.41, 5.74) is 3.85. The number of nitrogens with zero attached hydrogens (tertiary/aromatic N) is 2. The Kier molecular flexibility index (Phi) is 4.89. The first-order valence-electron chi connectivity index (χ1n) is 7.83. The van der Waals surface area contributed by atoms with E-state index in [1.807, 2.05) is 37.3 Å². The van der Waals surface area contributed by atoms with Crippen LogP contribution in [0, 0.1) is 0 Å². The predicted octanol–water partition coefficient (Wildman–Crippen LogP) is 3.10. The van der Waals surface area contributed by atoms with E-state index in [-0.39, 0.29) is 11.4 Å². The van der Waals surface area contributed by atoms with Crippen LogP contribution in [0.25, 0.3) is 10.9 Å². The monoisotopic (exact) mass is 335 g/mol. The molecule has 0 aliphatic rings. The van der Waals surface area contributed by atoms with Crippen LogP contribution in [-0.2, 0) is 0 Å². The molecule has 0 saturated carbocycles. The minimum atomic E-state index is -0.428. The molecule has 2 aromatic carbocycles. The summed E-state index contributed by atoms with van der Waals surface area (Å²) >= 11 is 0. The maximum absolute atomic E-state index is 12.2. The number of carbonyl (C=O) groups is 1. The third kappa shape index (κ3) is 3.74. The highest BCUT2D eigenvalue weighted by Gasteiger charge is 2.08. The Morgan fingerprint density at radius 3 is 2.88 bits per heavy atom. The topological polar surface area (TPSA) is 83.8 Å². The molecule has 0 radical (unpaired) electrons. The van der Waals surface area contributed by atoms with Crippen molar-refractivity contribution < 1.29 is 14.6 Å². The second-order valence-electron chi connectivity index (χ2n) is 5.22. The van der Waals surface area contributed by atoms with Crippen molar-refractivity contribution in [2.45, 2.75) is 6.92 Å².